The number of thioether (sulfide) groups is 2. The Hall–Kier alpha value is -2.30. The number of esters is 2. The van der Waals surface area contributed by atoms with Gasteiger partial charge in [0.05, 0.1) is 40.7 Å². The van der Waals surface area contributed by atoms with E-state index >= 15 is 0 Å². The number of rotatable bonds is 8. The first-order valence-corrected chi connectivity index (χ1v) is 13.9. The third-order valence-electron chi connectivity index (χ3n) is 5.77. The molecular weight excluding hydrogens is 518 g/mol. The highest BCUT2D eigenvalue weighted by Crippen LogP contribution is 2.56. The van der Waals surface area contributed by atoms with Gasteiger partial charge in [0.15, 0.2) is 0 Å². The van der Waals surface area contributed by atoms with E-state index < -0.39 is 17.5 Å². The molecule has 2 aliphatic heterocycles. The number of fused-ring (bicyclic) bond motifs is 1. The fourth-order valence-electron chi connectivity index (χ4n) is 4.02. The van der Waals surface area contributed by atoms with Gasteiger partial charge in [-0.25, -0.2) is 9.59 Å². The van der Waals surface area contributed by atoms with Gasteiger partial charge in [0.1, 0.15) is 15.6 Å². The van der Waals surface area contributed by atoms with E-state index in [1.54, 1.807) is 25.9 Å². The van der Waals surface area contributed by atoms with Gasteiger partial charge in [0.2, 0.25) is 5.91 Å². The second kappa shape index (κ2) is 11.8. The van der Waals surface area contributed by atoms with Crippen LogP contribution in [0.2, 0.25) is 0 Å². The number of anilines is 1. The van der Waals surface area contributed by atoms with E-state index in [4.69, 9.17) is 26.4 Å². The smallest absolute Gasteiger partial charge is 0.346 e. The van der Waals surface area contributed by atoms with Crippen molar-refractivity contribution in [2.24, 2.45) is 0 Å². The molecule has 0 aromatic heterocycles. The van der Waals surface area contributed by atoms with E-state index in [2.05, 4.69) is 0 Å². The van der Waals surface area contributed by atoms with Crippen molar-refractivity contribution >= 4 is 69.7 Å². The summed E-state index contributed by atoms with van der Waals surface area (Å²) in [5.41, 5.74) is 1.30. The van der Waals surface area contributed by atoms with E-state index in [0.29, 0.717) is 32.5 Å². The number of carbonyl (C=O) groups excluding carboxylic acids is 3. The molecule has 0 atom stereocenters. The van der Waals surface area contributed by atoms with Crippen molar-refractivity contribution in [2.45, 2.75) is 59.4 Å². The topological polar surface area (TPSA) is 82.1 Å². The quantitative estimate of drug-likeness (QED) is 0.225. The molecule has 194 valence electrons. The van der Waals surface area contributed by atoms with Gasteiger partial charge in [-0.05, 0) is 46.2 Å². The van der Waals surface area contributed by atoms with Crippen molar-refractivity contribution in [1.82, 2.24) is 0 Å². The summed E-state index contributed by atoms with van der Waals surface area (Å²) in [6.45, 7) is 9.65. The molecule has 2 heterocycles. The van der Waals surface area contributed by atoms with Crippen molar-refractivity contribution in [3.63, 3.8) is 0 Å². The molecule has 0 fully saturated rings. The standard InChI is InChI=1S/C26H31NO6S3/c1-7-10-11-18(28)27-17-14-15(31-6)12-13-16(17)19(22(34)26(27,4)5)25-35-20(23(29)32-8-2)21(36-25)24(30)33-9-3/h12-14H,7-11H2,1-6H3. The number of amides is 1. The van der Waals surface area contributed by atoms with Crippen molar-refractivity contribution in [2.75, 3.05) is 25.2 Å². The molecule has 0 saturated heterocycles. The van der Waals surface area contributed by atoms with E-state index in [0.717, 1.165) is 41.9 Å². The maximum absolute atomic E-state index is 13.4. The number of ether oxygens (including phenoxy) is 3. The molecular formula is C26H31NO6S3. The van der Waals surface area contributed by atoms with Crippen LogP contribution in [0.1, 0.15) is 59.4 Å². The molecule has 1 amide bonds. The lowest BCUT2D eigenvalue weighted by atomic mass is 9.83. The highest BCUT2D eigenvalue weighted by molar-refractivity contribution is 8.29. The summed E-state index contributed by atoms with van der Waals surface area (Å²) in [6.07, 6.45) is 2.07. The second-order valence-corrected chi connectivity index (χ2v) is 11.3. The van der Waals surface area contributed by atoms with Gasteiger partial charge in [-0.3, -0.25) is 4.79 Å². The Kier molecular flexibility index (Phi) is 9.29. The summed E-state index contributed by atoms with van der Waals surface area (Å²) in [5.74, 6) is -0.576. The first-order chi connectivity index (χ1) is 17.1. The van der Waals surface area contributed by atoms with Gasteiger partial charge in [-0.1, -0.05) is 49.1 Å². The summed E-state index contributed by atoms with van der Waals surface area (Å²) in [5, 5.41) is 0. The number of benzene rings is 1. The zero-order valence-electron chi connectivity index (χ0n) is 21.4. The lowest BCUT2D eigenvalue weighted by Crippen LogP contribution is -2.55. The average molecular weight is 550 g/mol. The van der Waals surface area contributed by atoms with Crippen LogP contribution in [0.15, 0.2) is 32.2 Å². The van der Waals surface area contributed by atoms with Crippen molar-refractivity contribution < 1.29 is 28.6 Å². The van der Waals surface area contributed by atoms with Gasteiger partial charge >= 0.3 is 11.9 Å². The molecule has 3 rings (SSSR count). The summed E-state index contributed by atoms with van der Waals surface area (Å²) in [6, 6.07) is 5.51. The predicted octanol–water partition coefficient (Wildman–Crippen LogP) is 5.87. The zero-order chi connectivity index (χ0) is 26.6. The Morgan fingerprint density at radius 3 is 2.08 bits per heavy atom. The molecule has 36 heavy (non-hydrogen) atoms. The minimum absolute atomic E-state index is 0.0213. The lowest BCUT2D eigenvalue weighted by molar-refractivity contribution is -0.140. The van der Waals surface area contributed by atoms with Crippen molar-refractivity contribution in [3.05, 3.63) is 37.8 Å². The van der Waals surface area contributed by atoms with Gasteiger partial charge in [-0.15, -0.1) is 0 Å². The largest absolute Gasteiger partial charge is 0.497 e. The maximum Gasteiger partial charge on any atom is 0.346 e. The molecule has 10 heteroatoms. The first-order valence-electron chi connectivity index (χ1n) is 11.9. The fourth-order valence-corrected chi connectivity index (χ4v) is 7.00. The minimum atomic E-state index is -0.834. The second-order valence-electron chi connectivity index (χ2n) is 8.57. The fraction of sp³-hybridized carbons (Fsp3) is 0.462. The number of unbranched alkanes of at least 4 members (excludes halogenated alkanes) is 1. The highest BCUT2D eigenvalue weighted by Gasteiger charge is 2.46. The molecule has 7 nitrogen and oxygen atoms in total. The Balaban J connectivity index is 2.20. The summed E-state index contributed by atoms with van der Waals surface area (Å²) in [4.78, 5) is 41.5. The number of thiocarbonyl (C=S) groups is 1. The molecule has 0 radical (unpaired) electrons. The molecule has 0 unspecified atom stereocenters. The Morgan fingerprint density at radius 1 is 1.00 bits per heavy atom. The monoisotopic (exact) mass is 549 g/mol. The number of carbonyl (C=O) groups is 3. The lowest BCUT2D eigenvalue weighted by Gasteiger charge is -2.45. The third kappa shape index (κ3) is 5.35. The van der Waals surface area contributed by atoms with Crippen LogP contribution in [-0.4, -0.2) is 48.6 Å². The van der Waals surface area contributed by atoms with Crippen LogP contribution in [0.25, 0.3) is 5.57 Å². The molecule has 1 aromatic rings. The van der Waals surface area contributed by atoms with Crippen LogP contribution in [0.3, 0.4) is 0 Å². The van der Waals surface area contributed by atoms with Crippen molar-refractivity contribution in [1.29, 1.82) is 0 Å². The Labute approximate surface area is 226 Å². The van der Waals surface area contributed by atoms with E-state index in [1.165, 1.54) is 0 Å². The molecule has 0 bridgehead atoms. The van der Waals surface area contributed by atoms with Gasteiger partial charge in [-0.2, -0.15) is 0 Å². The van der Waals surface area contributed by atoms with Crippen molar-refractivity contribution in [3.8, 4) is 5.75 Å². The molecule has 0 saturated carbocycles. The third-order valence-corrected chi connectivity index (χ3v) is 9.03. The minimum Gasteiger partial charge on any atom is -0.497 e. The van der Waals surface area contributed by atoms with E-state index in [1.807, 2.05) is 39.0 Å². The SMILES string of the molecule is CCCCC(=O)N1c2cc(OC)ccc2C(=C2SC(C(=O)OCC)=C(C(=O)OCC)S2)C(=S)C1(C)C. The molecule has 0 spiro atoms. The average Bonchev–Trinajstić information content (AvgIpc) is 3.28. The number of nitrogens with zero attached hydrogens (tertiary/aromatic N) is 1. The molecule has 0 aliphatic carbocycles. The van der Waals surface area contributed by atoms with Gasteiger partial charge in [0.25, 0.3) is 0 Å². The van der Waals surface area contributed by atoms with Crippen LogP contribution in [0.4, 0.5) is 5.69 Å². The predicted molar refractivity (Wildman–Crippen MR) is 149 cm³/mol. The normalized spacial score (nSPS) is 16.7. The van der Waals surface area contributed by atoms with Gasteiger partial charge < -0.3 is 19.1 Å². The first kappa shape index (κ1) is 28.3. The molecule has 2 aliphatic rings. The summed E-state index contributed by atoms with van der Waals surface area (Å²) in [7, 11) is 1.58. The summed E-state index contributed by atoms with van der Waals surface area (Å²) >= 11 is 8.30. The van der Waals surface area contributed by atoms with E-state index in [9.17, 15) is 14.4 Å². The van der Waals surface area contributed by atoms with E-state index in [-0.39, 0.29) is 28.9 Å². The number of hydrogen-bond acceptors (Lipinski definition) is 9. The number of hydrogen-bond donors (Lipinski definition) is 0. The summed E-state index contributed by atoms with van der Waals surface area (Å²) < 4.78 is 16.6. The van der Waals surface area contributed by atoms with Crippen LogP contribution in [0.5, 0.6) is 5.75 Å². The van der Waals surface area contributed by atoms with Crippen LogP contribution in [-0.2, 0) is 23.9 Å². The maximum atomic E-state index is 13.4. The van der Waals surface area contributed by atoms with Crippen LogP contribution in [0, 0.1) is 0 Å². The number of methoxy groups -OCH3 is 1. The molecule has 0 N–H and O–H groups in total. The van der Waals surface area contributed by atoms with Crippen LogP contribution < -0.4 is 9.64 Å². The van der Waals surface area contributed by atoms with Gasteiger partial charge in [0, 0.05) is 23.6 Å². The van der Waals surface area contributed by atoms with Crippen LogP contribution >= 0.6 is 35.7 Å². The Bertz CT molecular complexity index is 1120. The zero-order valence-corrected chi connectivity index (χ0v) is 23.8. The molecule has 1 aromatic carbocycles. The Morgan fingerprint density at radius 2 is 1.58 bits per heavy atom. The highest BCUT2D eigenvalue weighted by atomic mass is 32.2.